The van der Waals surface area contributed by atoms with Crippen molar-refractivity contribution < 1.29 is 9.84 Å². The van der Waals surface area contributed by atoms with E-state index in [0.717, 1.165) is 48.2 Å². The van der Waals surface area contributed by atoms with Crippen molar-refractivity contribution >= 4 is 17.8 Å². The third kappa shape index (κ3) is 6.61. The summed E-state index contributed by atoms with van der Waals surface area (Å²) in [5.41, 5.74) is 8.94. The minimum atomic E-state index is -0.527. The van der Waals surface area contributed by atoms with Crippen LogP contribution in [-0.4, -0.2) is 11.5 Å². The number of aryl methyl sites for hydroxylation is 3. The minimum Gasteiger partial charge on any atom is -0.446 e. The number of unbranched alkanes of at least 4 members (excludes halogenated alkanes) is 1. The Bertz CT molecular complexity index is 1280. The molecule has 0 radical (unpaired) electrons. The summed E-state index contributed by atoms with van der Waals surface area (Å²) in [6, 6.07) is 31.2. The normalized spacial score (nSPS) is 11.6. The molecule has 0 aliphatic rings. The molecule has 0 bridgehead atoms. The lowest BCUT2D eigenvalue weighted by Crippen LogP contribution is -2.00. The number of anilines is 2. The van der Waals surface area contributed by atoms with E-state index in [0.29, 0.717) is 12.2 Å². The van der Waals surface area contributed by atoms with Crippen LogP contribution in [0.2, 0.25) is 0 Å². The van der Waals surface area contributed by atoms with Crippen LogP contribution in [0.3, 0.4) is 0 Å². The van der Waals surface area contributed by atoms with Gasteiger partial charge in [0.25, 0.3) is 0 Å². The fraction of sp³-hybridized carbons (Fsp3) is 0.219. The van der Waals surface area contributed by atoms with Gasteiger partial charge in [0.05, 0.1) is 6.10 Å². The van der Waals surface area contributed by atoms with Gasteiger partial charge in [-0.15, -0.1) is 0 Å². The highest BCUT2D eigenvalue weighted by molar-refractivity contribution is 5.73. The van der Waals surface area contributed by atoms with Crippen molar-refractivity contribution in [2.24, 2.45) is 0 Å². The molecule has 0 aliphatic carbocycles. The second-order valence-corrected chi connectivity index (χ2v) is 9.24. The molecule has 184 valence electrons. The molecular weight excluding hydrogens is 444 g/mol. The maximum absolute atomic E-state index is 10.6. The third-order valence-electron chi connectivity index (χ3n) is 6.54. The summed E-state index contributed by atoms with van der Waals surface area (Å²) in [7, 11) is 0. The number of benzene rings is 4. The molecule has 4 rings (SSSR count). The fourth-order valence-electron chi connectivity index (χ4n) is 4.40. The largest absolute Gasteiger partial charge is 0.446 e. The molecule has 1 atom stereocenters. The molecule has 0 saturated carbocycles. The van der Waals surface area contributed by atoms with Crippen LogP contribution in [0.25, 0.3) is 11.1 Å². The first kappa shape index (κ1) is 25.2. The Hall–Kier alpha value is -3.89. The van der Waals surface area contributed by atoms with Crippen molar-refractivity contribution in [2.75, 3.05) is 5.32 Å². The van der Waals surface area contributed by atoms with Crippen LogP contribution >= 0.6 is 0 Å². The Morgan fingerprint density at radius 3 is 2.31 bits per heavy atom. The average molecular weight is 479 g/mol. The topological polar surface area (TPSA) is 65.3 Å². The van der Waals surface area contributed by atoms with Gasteiger partial charge in [0.1, 0.15) is 5.75 Å². The van der Waals surface area contributed by atoms with Gasteiger partial charge in [-0.25, -0.2) is 0 Å². The van der Waals surface area contributed by atoms with E-state index < -0.39 is 6.10 Å². The Morgan fingerprint density at radius 2 is 1.56 bits per heavy atom. The maximum atomic E-state index is 10.6. The summed E-state index contributed by atoms with van der Waals surface area (Å²) in [6.07, 6.45) is 4.01. The average Bonchev–Trinajstić information content (AvgIpc) is 2.90. The number of rotatable bonds is 11. The molecule has 0 aliphatic heterocycles. The van der Waals surface area contributed by atoms with Gasteiger partial charge < -0.3 is 15.2 Å². The predicted octanol–water partition coefficient (Wildman–Crippen LogP) is 8.15. The van der Waals surface area contributed by atoms with Gasteiger partial charge in [-0.2, -0.15) is 0 Å². The van der Waals surface area contributed by atoms with Crippen molar-refractivity contribution in [2.45, 2.75) is 45.6 Å². The summed E-state index contributed by atoms with van der Waals surface area (Å²) in [5, 5.41) is 21.2. The molecule has 0 amide bonds. The van der Waals surface area contributed by atoms with Crippen LogP contribution in [0, 0.1) is 19.3 Å². The van der Waals surface area contributed by atoms with Crippen LogP contribution in [0.1, 0.15) is 47.6 Å². The molecule has 0 fully saturated rings. The van der Waals surface area contributed by atoms with E-state index in [-0.39, 0.29) is 0 Å². The van der Waals surface area contributed by atoms with E-state index in [4.69, 9.17) is 10.1 Å². The first-order valence-electron chi connectivity index (χ1n) is 12.5. The van der Waals surface area contributed by atoms with Crippen molar-refractivity contribution in [3.8, 4) is 16.9 Å². The second-order valence-electron chi connectivity index (χ2n) is 9.24. The predicted molar refractivity (Wildman–Crippen MR) is 149 cm³/mol. The van der Waals surface area contributed by atoms with Crippen molar-refractivity contribution in [1.82, 2.24) is 0 Å². The van der Waals surface area contributed by atoms with E-state index in [1.807, 2.05) is 31.2 Å². The van der Waals surface area contributed by atoms with E-state index in [1.54, 1.807) is 0 Å². The minimum absolute atomic E-state index is 0.527. The van der Waals surface area contributed by atoms with Crippen molar-refractivity contribution in [3.05, 3.63) is 113 Å². The zero-order chi connectivity index (χ0) is 25.3. The standard InChI is InChI=1S/C32H34N2O2/c1-23-13-17-29(21-30(23)26-9-4-3-5-10-26)34-28-18-14-25(15-19-28)8-6-7-11-31(35)27-16-12-24(2)32(20-27)36-22-33/h3-5,9-10,12-22,31,33-35H,6-8,11H2,1-2H3/t31-/m0/s1. The highest BCUT2D eigenvalue weighted by Gasteiger charge is 2.10. The van der Waals surface area contributed by atoms with E-state index in [9.17, 15) is 5.11 Å². The molecule has 0 saturated heterocycles. The Balaban J connectivity index is 1.28. The number of hydrogen-bond acceptors (Lipinski definition) is 4. The highest BCUT2D eigenvalue weighted by atomic mass is 16.5. The first-order chi connectivity index (χ1) is 17.5. The van der Waals surface area contributed by atoms with Crippen LogP contribution in [0.5, 0.6) is 5.75 Å². The first-order valence-corrected chi connectivity index (χ1v) is 12.5. The van der Waals surface area contributed by atoms with Gasteiger partial charge in [0, 0.05) is 11.4 Å². The zero-order valence-electron chi connectivity index (χ0n) is 21.0. The fourth-order valence-corrected chi connectivity index (χ4v) is 4.40. The highest BCUT2D eigenvalue weighted by Crippen LogP contribution is 2.29. The van der Waals surface area contributed by atoms with Crippen LogP contribution in [0.15, 0.2) is 91.0 Å². The number of aliphatic hydroxyl groups is 1. The number of aliphatic hydroxyl groups excluding tert-OH is 1. The van der Waals surface area contributed by atoms with Gasteiger partial charge in [-0.05, 0) is 96.8 Å². The molecule has 0 spiro atoms. The monoisotopic (exact) mass is 478 g/mol. The smallest absolute Gasteiger partial charge is 0.173 e. The van der Waals surface area contributed by atoms with Gasteiger partial charge in [0.2, 0.25) is 0 Å². The molecule has 4 aromatic carbocycles. The van der Waals surface area contributed by atoms with Crippen LogP contribution in [0.4, 0.5) is 11.4 Å². The Kier molecular flexibility index (Phi) is 8.53. The van der Waals surface area contributed by atoms with Crippen LogP contribution < -0.4 is 10.1 Å². The Morgan fingerprint density at radius 1 is 0.833 bits per heavy atom. The summed E-state index contributed by atoms with van der Waals surface area (Å²) >= 11 is 0. The van der Waals surface area contributed by atoms with Gasteiger partial charge in [-0.1, -0.05) is 67.1 Å². The molecular formula is C32H34N2O2. The lowest BCUT2D eigenvalue weighted by atomic mass is 9.99. The summed E-state index contributed by atoms with van der Waals surface area (Å²) in [6.45, 7) is 4.07. The van der Waals surface area contributed by atoms with E-state index in [1.165, 1.54) is 22.3 Å². The van der Waals surface area contributed by atoms with Crippen molar-refractivity contribution in [1.29, 1.82) is 5.41 Å². The summed E-state index contributed by atoms with van der Waals surface area (Å²) < 4.78 is 5.21. The zero-order valence-corrected chi connectivity index (χ0v) is 21.0. The molecule has 0 aromatic heterocycles. The summed E-state index contributed by atoms with van der Waals surface area (Å²) in [5.74, 6) is 0.622. The second kappa shape index (κ2) is 12.2. The lowest BCUT2D eigenvalue weighted by molar-refractivity contribution is 0.163. The molecule has 0 heterocycles. The molecule has 3 N–H and O–H groups in total. The SMILES string of the molecule is Cc1ccc([C@@H](O)CCCCc2ccc(Nc3ccc(C)c(-c4ccccc4)c3)cc2)cc1OC=N. The van der Waals surface area contributed by atoms with Gasteiger partial charge in [0.15, 0.2) is 6.40 Å². The van der Waals surface area contributed by atoms with E-state index >= 15 is 0 Å². The third-order valence-corrected chi connectivity index (χ3v) is 6.54. The molecule has 4 aromatic rings. The maximum Gasteiger partial charge on any atom is 0.173 e. The molecule has 4 heteroatoms. The summed E-state index contributed by atoms with van der Waals surface area (Å²) in [4.78, 5) is 0. The van der Waals surface area contributed by atoms with Gasteiger partial charge >= 0.3 is 0 Å². The number of hydrogen-bond donors (Lipinski definition) is 3. The van der Waals surface area contributed by atoms with Crippen LogP contribution in [-0.2, 0) is 6.42 Å². The lowest BCUT2D eigenvalue weighted by Gasteiger charge is -2.13. The van der Waals surface area contributed by atoms with Gasteiger partial charge in [-0.3, -0.25) is 5.41 Å². The van der Waals surface area contributed by atoms with Crippen molar-refractivity contribution in [3.63, 3.8) is 0 Å². The quantitative estimate of drug-likeness (QED) is 0.116. The number of nitrogens with one attached hydrogen (secondary N) is 2. The Labute approximate surface area is 214 Å². The molecule has 36 heavy (non-hydrogen) atoms. The molecule has 0 unspecified atom stereocenters. The molecule has 4 nitrogen and oxygen atoms in total. The van der Waals surface area contributed by atoms with E-state index in [2.05, 4.69) is 79.0 Å². The number of ether oxygens (including phenoxy) is 1.